The average molecular weight is 144 g/mol. The fraction of sp³-hybridized carbons (Fsp3) is 0.833. The second-order valence-corrected chi connectivity index (χ2v) is 2.52. The number of hydrogen-bond donors (Lipinski definition) is 3. The van der Waals surface area contributed by atoms with Crippen LogP contribution < -0.4 is 5.48 Å². The zero-order valence-electron chi connectivity index (χ0n) is 5.75. The van der Waals surface area contributed by atoms with Crippen molar-refractivity contribution in [1.82, 2.24) is 5.48 Å². The molecule has 0 aliphatic heterocycles. The lowest BCUT2D eigenvalue weighted by Gasteiger charge is -2.20. The molecule has 10 heavy (non-hydrogen) atoms. The Hall–Kier alpha value is -0.610. The number of hydroxylamine groups is 1. The predicted molar refractivity (Wildman–Crippen MR) is 36.4 cm³/mol. The molecule has 1 rings (SSSR count). The zero-order chi connectivity index (χ0) is 7.40. The van der Waals surface area contributed by atoms with Gasteiger partial charge in [-0.25, -0.2) is 0 Å². The largest absolute Gasteiger partial charge is 0.411 e. The molecule has 4 heteroatoms. The Labute approximate surface area is 59.5 Å². The molecule has 1 aliphatic rings. The van der Waals surface area contributed by atoms with E-state index in [-0.39, 0.29) is 6.04 Å². The third-order valence-corrected chi connectivity index (χ3v) is 1.86. The fourth-order valence-corrected chi connectivity index (χ4v) is 1.25. The first-order valence-electron chi connectivity index (χ1n) is 3.49. The van der Waals surface area contributed by atoms with Gasteiger partial charge in [-0.3, -0.25) is 0 Å². The number of oxime groups is 1. The van der Waals surface area contributed by atoms with E-state index in [4.69, 9.17) is 10.4 Å². The maximum absolute atomic E-state index is 8.55. The van der Waals surface area contributed by atoms with Gasteiger partial charge in [0.1, 0.15) is 0 Å². The number of rotatable bonds is 1. The third-order valence-electron chi connectivity index (χ3n) is 1.86. The Morgan fingerprint density at radius 2 is 2.30 bits per heavy atom. The highest BCUT2D eigenvalue weighted by Gasteiger charge is 2.19. The van der Waals surface area contributed by atoms with Gasteiger partial charge < -0.3 is 10.4 Å². The van der Waals surface area contributed by atoms with E-state index in [2.05, 4.69) is 10.6 Å². The smallest absolute Gasteiger partial charge is 0.0763 e. The molecule has 0 saturated heterocycles. The lowest BCUT2D eigenvalue weighted by Crippen LogP contribution is -2.36. The summed E-state index contributed by atoms with van der Waals surface area (Å²) in [6, 6.07) is -0.126. The van der Waals surface area contributed by atoms with Gasteiger partial charge >= 0.3 is 0 Å². The summed E-state index contributed by atoms with van der Waals surface area (Å²) in [5.74, 6) is 0. The SMILES string of the molecule is O/N=C1/CCCC[C@H]1NO. The standard InChI is InChI=1S/C6H12N2O2/c9-7-5-3-1-2-4-6(5)8-10/h5,7,9-10H,1-4H2/b8-6-/t5-/m1/s1. The van der Waals surface area contributed by atoms with E-state index in [1.165, 1.54) is 0 Å². The molecule has 1 fully saturated rings. The minimum atomic E-state index is -0.126. The Morgan fingerprint density at radius 3 is 2.80 bits per heavy atom. The van der Waals surface area contributed by atoms with E-state index in [1.807, 2.05) is 0 Å². The van der Waals surface area contributed by atoms with Crippen LogP contribution in [-0.2, 0) is 0 Å². The summed E-state index contributed by atoms with van der Waals surface area (Å²) in [5.41, 5.74) is 2.78. The van der Waals surface area contributed by atoms with Gasteiger partial charge in [0.15, 0.2) is 0 Å². The van der Waals surface area contributed by atoms with Crippen molar-refractivity contribution in [3.8, 4) is 0 Å². The summed E-state index contributed by atoms with van der Waals surface area (Å²) in [7, 11) is 0. The minimum Gasteiger partial charge on any atom is -0.411 e. The molecule has 0 heterocycles. The summed E-state index contributed by atoms with van der Waals surface area (Å²) < 4.78 is 0. The molecular weight excluding hydrogens is 132 g/mol. The van der Waals surface area contributed by atoms with Gasteiger partial charge in [-0.1, -0.05) is 11.6 Å². The van der Waals surface area contributed by atoms with Crippen LogP contribution in [0.3, 0.4) is 0 Å². The highest BCUT2D eigenvalue weighted by molar-refractivity contribution is 5.89. The molecule has 0 spiro atoms. The maximum atomic E-state index is 8.55. The Morgan fingerprint density at radius 1 is 1.50 bits per heavy atom. The predicted octanol–water partition coefficient (Wildman–Crippen LogP) is 0.738. The topological polar surface area (TPSA) is 64.9 Å². The summed E-state index contributed by atoms with van der Waals surface area (Å²) in [6.07, 6.45) is 3.78. The van der Waals surface area contributed by atoms with Gasteiger partial charge in [0, 0.05) is 0 Å². The van der Waals surface area contributed by atoms with E-state index >= 15 is 0 Å². The molecule has 58 valence electrons. The normalized spacial score (nSPS) is 30.9. The van der Waals surface area contributed by atoms with E-state index in [9.17, 15) is 0 Å². The van der Waals surface area contributed by atoms with E-state index in [1.54, 1.807) is 0 Å². The molecule has 0 amide bonds. The van der Waals surface area contributed by atoms with E-state index in [0.717, 1.165) is 25.7 Å². The quantitative estimate of drug-likeness (QED) is 0.375. The van der Waals surface area contributed by atoms with Crippen LogP contribution in [0.4, 0.5) is 0 Å². The van der Waals surface area contributed by atoms with E-state index in [0.29, 0.717) is 5.71 Å². The number of nitrogens with zero attached hydrogens (tertiary/aromatic N) is 1. The van der Waals surface area contributed by atoms with E-state index < -0.39 is 0 Å². The van der Waals surface area contributed by atoms with Crippen molar-refractivity contribution in [3.63, 3.8) is 0 Å². The molecule has 1 saturated carbocycles. The first-order chi connectivity index (χ1) is 4.88. The number of nitrogens with one attached hydrogen (secondary N) is 1. The van der Waals surface area contributed by atoms with Gasteiger partial charge in [0.2, 0.25) is 0 Å². The molecule has 0 unspecified atom stereocenters. The van der Waals surface area contributed by atoms with Crippen molar-refractivity contribution in [3.05, 3.63) is 0 Å². The molecule has 0 aromatic carbocycles. The van der Waals surface area contributed by atoms with Crippen molar-refractivity contribution in [2.75, 3.05) is 0 Å². The Kier molecular flexibility index (Phi) is 2.65. The van der Waals surface area contributed by atoms with Crippen LogP contribution in [0.2, 0.25) is 0 Å². The van der Waals surface area contributed by atoms with Crippen LogP contribution >= 0.6 is 0 Å². The van der Waals surface area contributed by atoms with Crippen LogP contribution in [0.15, 0.2) is 5.16 Å². The average Bonchev–Trinajstić information content (AvgIpc) is 2.04. The molecule has 0 aromatic heterocycles. The molecule has 1 atom stereocenters. The van der Waals surface area contributed by atoms with Gasteiger partial charge in [0.25, 0.3) is 0 Å². The van der Waals surface area contributed by atoms with Gasteiger partial charge in [0.05, 0.1) is 11.8 Å². The summed E-state index contributed by atoms with van der Waals surface area (Å²) in [6.45, 7) is 0. The van der Waals surface area contributed by atoms with Crippen molar-refractivity contribution >= 4 is 5.71 Å². The van der Waals surface area contributed by atoms with Crippen LogP contribution in [0.1, 0.15) is 25.7 Å². The monoisotopic (exact) mass is 144 g/mol. The first-order valence-corrected chi connectivity index (χ1v) is 3.49. The molecule has 0 bridgehead atoms. The Balaban J connectivity index is 2.50. The molecule has 0 radical (unpaired) electrons. The first kappa shape index (κ1) is 7.50. The fourth-order valence-electron chi connectivity index (χ4n) is 1.25. The molecule has 4 nitrogen and oxygen atoms in total. The molecular formula is C6H12N2O2. The molecule has 0 aromatic rings. The second kappa shape index (κ2) is 3.53. The van der Waals surface area contributed by atoms with Crippen LogP contribution in [-0.4, -0.2) is 22.2 Å². The zero-order valence-corrected chi connectivity index (χ0v) is 5.75. The maximum Gasteiger partial charge on any atom is 0.0763 e. The van der Waals surface area contributed by atoms with Crippen molar-refractivity contribution in [2.24, 2.45) is 5.16 Å². The van der Waals surface area contributed by atoms with Crippen LogP contribution in [0.5, 0.6) is 0 Å². The van der Waals surface area contributed by atoms with Gasteiger partial charge in [-0.2, -0.15) is 5.48 Å². The second-order valence-electron chi connectivity index (χ2n) is 2.52. The van der Waals surface area contributed by atoms with Crippen molar-refractivity contribution < 1.29 is 10.4 Å². The van der Waals surface area contributed by atoms with Gasteiger partial charge in [-0.15, -0.1) is 0 Å². The highest BCUT2D eigenvalue weighted by Crippen LogP contribution is 2.14. The summed E-state index contributed by atoms with van der Waals surface area (Å²) >= 11 is 0. The Bertz CT molecular complexity index is 136. The third kappa shape index (κ3) is 1.46. The lowest BCUT2D eigenvalue weighted by molar-refractivity contribution is 0.139. The summed E-state index contributed by atoms with van der Waals surface area (Å²) in [4.78, 5) is 0. The van der Waals surface area contributed by atoms with Crippen molar-refractivity contribution in [1.29, 1.82) is 0 Å². The molecule has 3 N–H and O–H groups in total. The minimum absolute atomic E-state index is 0.126. The number of hydrogen-bond acceptors (Lipinski definition) is 4. The van der Waals surface area contributed by atoms with Crippen LogP contribution in [0, 0.1) is 0 Å². The van der Waals surface area contributed by atoms with Crippen molar-refractivity contribution in [2.45, 2.75) is 31.7 Å². The highest BCUT2D eigenvalue weighted by atomic mass is 16.5. The van der Waals surface area contributed by atoms with Crippen LogP contribution in [0.25, 0.3) is 0 Å². The lowest BCUT2D eigenvalue weighted by atomic mass is 9.94. The summed E-state index contributed by atoms with van der Waals surface area (Å²) in [5, 5.41) is 20.1. The van der Waals surface area contributed by atoms with Gasteiger partial charge in [-0.05, 0) is 19.3 Å². The molecule has 1 aliphatic carbocycles.